The molecule has 1 amide bonds. The van der Waals surface area contributed by atoms with Gasteiger partial charge in [-0.25, -0.2) is 4.98 Å². The Kier molecular flexibility index (Phi) is 4.49. The molecule has 4 rings (SSSR count). The maximum atomic E-state index is 13.2. The Hall–Kier alpha value is -3.03. The average Bonchev–Trinajstić information content (AvgIpc) is 3.31. The second-order valence-corrected chi connectivity index (χ2v) is 6.90. The van der Waals surface area contributed by atoms with Crippen LogP contribution in [0.5, 0.6) is 0 Å². The van der Waals surface area contributed by atoms with E-state index in [0.717, 1.165) is 43.8 Å². The van der Waals surface area contributed by atoms with Crippen LogP contribution < -0.4 is 10.2 Å². The zero-order valence-corrected chi connectivity index (χ0v) is 15.3. The first-order valence-corrected chi connectivity index (χ1v) is 9.05. The fourth-order valence-corrected chi connectivity index (χ4v) is 3.49. The van der Waals surface area contributed by atoms with E-state index in [2.05, 4.69) is 10.3 Å². The summed E-state index contributed by atoms with van der Waals surface area (Å²) < 4.78 is 41.3. The number of carbonyl (C=O) groups excluding carboxylic acids is 1. The molecule has 0 atom stereocenters. The number of carbonyl (C=O) groups is 1. The van der Waals surface area contributed by atoms with E-state index < -0.39 is 17.6 Å². The fourth-order valence-electron chi connectivity index (χ4n) is 3.49. The maximum absolute atomic E-state index is 13.2. The Bertz CT molecular complexity index is 1040. The van der Waals surface area contributed by atoms with Crippen LogP contribution in [-0.2, 0) is 6.18 Å². The van der Waals surface area contributed by atoms with Crippen molar-refractivity contribution < 1.29 is 18.0 Å². The molecule has 5 nitrogen and oxygen atoms in total. The number of halogens is 3. The van der Waals surface area contributed by atoms with Crippen LogP contribution in [0.25, 0.3) is 5.65 Å². The van der Waals surface area contributed by atoms with E-state index in [9.17, 15) is 18.0 Å². The number of fused-ring (bicyclic) bond motifs is 1. The highest BCUT2D eigenvalue weighted by Crippen LogP contribution is 2.36. The molecule has 0 spiro atoms. The van der Waals surface area contributed by atoms with E-state index in [1.807, 2.05) is 24.0 Å². The SMILES string of the molecule is Cc1cccc2nc(C(=O)Nc3cc(C(F)(F)F)ccc3N3CCCC3)cn12. The van der Waals surface area contributed by atoms with E-state index in [4.69, 9.17) is 0 Å². The highest BCUT2D eigenvalue weighted by molar-refractivity contribution is 6.05. The first-order chi connectivity index (χ1) is 13.3. The Balaban J connectivity index is 1.69. The third kappa shape index (κ3) is 3.42. The van der Waals surface area contributed by atoms with Gasteiger partial charge in [-0.05, 0) is 50.1 Å². The molecule has 8 heteroatoms. The fraction of sp³-hybridized carbons (Fsp3) is 0.300. The summed E-state index contributed by atoms with van der Waals surface area (Å²) >= 11 is 0. The molecule has 1 fully saturated rings. The van der Waals surface area contributed by atoms with Gasteiger partial charge in [0, 0.05) is 25.0 Å². The number of nitrogens with one attached hydrogen (secondary N) is 1. The molecular formula is C20H19F3N4O. The summed E-state index contributed by atoms with van der Waals surface area (Å²) in [6, 6.07) is 8.96. The van der Waals surface area contributed by atoms with Crippen molar-refractivity contribution in [2.24, 2.45) is 0 Å². The zero-order chi connectivity index (χ0) is 19.9. The Morgan fingerprint density at radius 3 is 2.57 bits per heavy atom. The Labute approximate surface area is 159 Å². The van der Waals surface area contributed by atoms with Crippen molar-refractivity contribution in [1.82, 2.24) is 9.38 Å². The van der Waals surface area contributed by atoms with Gasteiger partial charge in [0.15, 0.2) is 0 Å². The molecule has 0 radical (unpaired) electrons. The standard InChI is InChI=1S/C20H19F3N4O/c1-13-5-4-6-18-24-16(12-27(13)18)19(28)25-15-11-14(20(21,22)23)7-8-17(15)26-9-2-3-10-26/h4-8,11-12H,2-3,9-10H2,1H3,(H,25,28). The highest BCUT2D eigenvalue weighted by atomic mass is 19.4. The summed E-state index contributed by atoms with van der Waals surface area (Å²) in [6.07, 6.45) is -0.952. The summed E-state index contributed by atoms with van der Waals surface area (Å²) in [5, 5.41) is 2.64. The Morgan fingerprint density at radius 2 is 1.89 bits per heavy atom. The number of imidazole rings is 1. The lowest BCUT2D eigenvalue weighted by atomic mass is 10.1. The van der Waals surface area contributed by atoms with Crippen LogP contribution in [0.15, 0.2) is 42.6 Å². The molecular weight excluding hydrogens is 369 g/mol. The van der Waals surface area contributed by atoms with Gasteiger partial charge in [-0.2, -0.15) is 13.2 Å². The van der Waals surface area contributed by atoms with Crippen molar-refractivity contribution in [3.05, 3.63) is 59.5 Å². The summed E-state index contributed by atoms with van der Waals surface area (Å²) in [4.78, 5) is 19.0. The quantitative estimate of drug-likeness (QED) is 0.718. The van der Waals surface area contributed by atoms with Gasteiger partial charge < -0.3 is 14.6 Å². The van der Waals surface area contributed by atoms with Crippen LogP contribution in [0.2, 0.25) is 0 Å². The first kappa shape index (κ1) is 18.3. The lowest BCUT2D eigenvalue weighted by molar-refractivity contribution is -0.137. The molecule has 28 heavy (non-hydrogen) atoms. The summed E-state index contributed by atoms with van der Waals surface area (Å²) in [7, 11) is 0. The molecule has 1 N–H and O–H groups in total. The Morgan fingerprint density at radius 1 is 1.14 bits per heavy atom. The van der Waals surface area contributed by atoms with Gasteiger partial charge >= 0.3 is 6.18 Å². The number of rotatable bonds is 3. The molecule has 0 bridgehead atoms. The number of amides is 1. The van der Waals surface area contributed by atoms with Gasteiger partial charge in [0.25, 0.3) is 5.91 Å². The van der Waals surface area contributed by atoms with E-state index in [1.54, 1.807) is 16.7 Å². The van der Waals surface area contributed by atoms with Crippen molar-refractivity contribution in [1.29, 1.82) is 0 Å². The lowest BCUT2D eigenvalue weighted by Gasteiger charge is -2.22. The second kappa shape index (κ2) is 6.85. The molecule has 0 unspecified atom stereocenters. The van der Waals surface area contributed by atoms with Crippen molar-refractivity contribution in [2.45, 2.75) is 25.9 Å². The van der Waals surface area contributed by atoms with Gasteiger partial charge in [0.2, 0.25) is 0 Å². The van der Waals surface area contributed by atoms with E-state index in [1.165, 1.54) is 6.07 Å². The number of aryl methyl sites for hydroxylation is 1. The molecule has 1 saturated heterocycles. The number of alkyl halides is 3. The van der Waals surface area contributed by atoms with Crippen molar-refractivity contribution >= 4 is 22.9 Å². The third-order valence-electron chi connectivity index (χ3n) is 4.95. The average molecular weight is 388 g/mol. The molecule has 146 valence electrons. The molecule has 3 aromatic rings. The van der Waals surface area contributed by atoms with Crippen molar-refractivity contribution in [3.8, 4) is 0 Å². The monoisotopic (exact) mass is 388 g/mol. The molecule has 1 aromatic carbocycles. The predicted molar refractivity (Wildman–Crippen MR) is 101 cm³/mol. The lowest BCUT2D eigenvalue weighted by Crippen LogP contribution is -2.22. The number of nitrogens with zero attached hydrogens (tertiary/aromatic N) is 3. The van der Waals surface area contributed by atoms with E-state index >= 15 is 0 Å². The molecule has 1 aliphatic rings. The summed E-state index contributed by atoms with van der Waals surface area (Å²) in [6.45, 7) is 3.39. The summed E-state index contributed by atoms with van der Waals surface area (Å²) in [5.41, 5.74) is 1.61. The number of anilines is 2. The van der Waals surface area contributed by atoms with Crippen LogP contribution in [0, 0.1) is 6.92 Å². The van der Waals surface area contributed by atoms with Crippen LogP contribution >= 0.6 is 0 Å². The van der Waals surface area contributed by atoms with E-state index in [-0.39, 0.29) is 11.4 Å². The van der Waals surface area contributed by atoms with Gasteiger partial charge in [0.1, 0.15) is 11.3 Å². The number of hydrogen-bond acceptors (Lipinski definition) is 3. The molecule has 0 saturated carbocycles. The van der Waals surface area contributed by atoms with Crippen LogP contribution in [0.4, 0.5) is 24.5 Å². The van der Waals surface area contributed by atoms with Crippen molar-refractivity contribution in [3.63, 3.8) is 0 Å². The van der Waals surface area contributed by atoms with Gasteiger partial charge in [-0.15, -0.1) is 0 Å². The molecule has 2 aromatic heterocycles. The minimum absolute atomic E-state index is 0.149. The number of aromatic nitrogens is 2. The minimum Gasteiger partial charge on any atom is -0.370 e. The zero-order valence-electron chi connectivity index (χ0n) is 15.3. The normalized spacial score (nSPS) is 14.6. The van der Waals surface area contributed by atoms with Crippen LogP contribution in [0.1, 0.15) is 34.6 Å². The molecule has 1 aliphatic heterocycles. The van der Waals surface area contributed by atoms with Crippen LogP contribution in [0.3, 0.4) is 0 Å². The minimum atomic E-state index is -4.48. The van der Waals surface area contributed by atoms with Crippen molar-refractivity contribution in [2.75, 3.05) is 23.3 Å². The third-order valence-corrected chi connectivity index (χ3v) is 4.95. The molecule has 3 heterocycles. The first-order valence-electron chi connectivity index (χ1n) is 9.05. The van der Waals surface area contributed by atoms with Crippen LogP contribution in [-0.4, -0.2) is 28.4 Å². The molecule has 0 aliphatic carbocycles. The maximum Gasteiger partial charge on any atom is 0.416 e. The van der Waals surface area contributed by atoms with E-state index in [0.29, 0.717) is 11.3 Å². The van der Waals surface area contributed by atoms with Gasteiger partial charge in [0.05, 0.1) is 16.9 Å². The largest absolute Gasteiger partial charge is 0.416 e. The highest BCUT2D eigenvalue weighted by Gasteiger charge is 2.32. The smallest absolute Gasteiger partial charge is 0.370 e. The number of pyridine rings is 1. The van der Waals surface area contributed by atoms with Gasteiger partial charge in [-0.1, -0.05) is 6.07 Å². The predicted octanol–water partition coefficient (Wildman–Crippen LogP) is 4.51. The van der Waals surface area contributed by atoms with Gasteiger partial charge in [-0.3, -0.25) is 4.79 Å². The second-order valence-electron chi connectivity index (χ2n) is 6.90. The number of benzene rings is 1. The number of hydrogen-bond donors (Lipinski definition) is 1. The topological polar surface area (TPSA) is 49.6 Å². The summed E-state index contributed by atoms with van der Waals surface area (Å²) in [5.74, 6) is -0.539.